The van der Waals surface area contributed by atoms with Crippen molar-refractivity contribution in [3.8, 4) is 0 Å². The molecule has 1 unspecified atom stereocenters. The van der Waals surface area contributed by atoms with Gasteiger partial charge in [0.05, 0.1) is 0 Å². The normalized spacial score (nSPS) is 25.0. The zero-order chi connectivity index (χ0) is 15.1. The monoisotopic (exact) mass is 440 g/mol. The molecular formula is C16H33IN4S. The summed E-state index contributed by atoms with van der Waals surface area (Å²) in [6.07, 6.45) is 3.97. The van der Waals surface area contributed by atoms with Gasteiger partial charge in [-0.2, -0.15) is 11.8 Å². The van der Waals surface area contributed by atoms with Crippen LogP contribution >= 0.6 is 35.7 Å². The Morgan fingerprint density at radius 2 is 2.00 bits per heavy atom. The first kappa shape index (κ1) is 20.4. The van der Waals surface area contributed by atoms with Crippen molar-refractivity contribution < 1.29 is 0 Å². The van der Waals surface area contributed by atoms with Crippen LogP contribution < -0.4 is 5.32 Å². The van der Waals surface area contributed by atoms with E-state index < -0.39 is 0 Å². The van der Waals surface area contributed by atoms with Gasteiger partial charge in [0.2, 0.25) is 0 Å². The van der Waals surface area contributed by atoms with Crippen molar-refractivity contribution in [2.75, 3.05) is 52.1 Å². The number of guanidine groups is 1. The van der Waals surface area contributed by atoms with E-state index in [2.05, 4.69) is 45.7 Å². The van der Waals surface area contributed by atoms with Gasteiger partial charge >= 0.3 is 0 Å². The molecule has 0 amide bonds. The van der Waals surface area contributed by atoms with Crippen molar-refractivity contribution >= 4 is 41.7 Å². The van der Waals surface area contributed by atoms with Crippen LogP contribution in [0.3, 0.4) is 0 Å². The maximum absolute atomic E-state index is 4.48. The molecule has 22 heavy (non-hydrogen) atoms. The summed E-state index contributed by atoms with van der Waals surface area (Å²) in [5, 5.41) is 4.33. The van der Waals surface area contributed by atoms with E-state index in [-0.39, 0.29) is 24.0 Å². The molecule has 0 spiro atoms. The summed E-state index contributed by atoms with van der Waals surface area (Å²) in [4.78, 5) is 9.50. The lowest BCUT2D eigenvalue weighted by Crippen LogP contribution is -2.49. The molecule has 0 aromatic heterocycles. The largest absolute Gasteiger partial charge is 0.355 e. The second-order valence-electron chi connectivity index (χ2n) is 6.35. The highest BCUT2D eigenvalue weighted by Crippen LogP contribution is 2.21. The summed E-state index contributed by atoms with van der Waals surface area (Å²) in [5.74, 6) is 3.24. The Kier molecular flexibility index (Phi) is 10.1. The number of piperidine rings is 1. The molecular weight excluding hydrogens is 407 g/mol. The second kappa shape index (κ2) is 11.0. The molecule has 0 aromatic carbocycles. The van der Waals surface area contributed by atoms with Gasteiger partial charge in [0.1, 0.15) is 0 Å². The van der Waals surface area contributed by atoms with Crippen molar-refractivity contribution in [2.45, 2.75) is 38.4 Å². The Hall–Kier alpha value is 0.310. The molecule has 2 aliphatic heterocycles. The quantitative estimate of drug-likeness (QED) is 0.414. The van der Waals surface area contributed by atoms with Gasteiger partial charge in [0, 0.05) is 44.2 Å². The third-order valence-corrected chi connectivity index (χ3v) is 6.06. The number of halogens is 1. The molecule has 0 bridgehead atoms. The molecule has 130 valence electrons. The van der Waals surface area contributed by atoms with Gasteiger partial charge in [-0.3, -0.25) is 4.99 Å². The van der Waals surface area contributed by atoms with Crippen molar-refractivity contribution in [3.05, 3.63) is 0 Å². The van der Waals surface area contributed by atoms with E-state index in [0.29, 0.717) is 0 Å². The van der Waals surface area contributed by atoms with E-state index in [1.54, 1.807) is 0 Å². The number of nitrogens with one attached hydrogen (secondary N) is 1. The van der Waals surface area contributed by atoms with Crippen molar-refractivity contribution in [2.24, 2.45) is 10.9 Å². The Bertz CT molecular complexity index is 332. The van der Waals surface area contributed by atoms with Crippen LogP contribution in [0.1, 0.15) is 33.1 Å². The van der Waals surface area contributed by atoms with Crippen LogP contribution in [0.2, 0.25) is 0 Å². The predicted octanol–water partition coefficient (Wildman–Crippen LogP) is 2.74. The summed E-state index contributed by atoms with van der Waals surface area (Å²) in [5.41, 5.74) is 0. The van der Waals surface area contributed by atoms with E-state index >= 15 is 0 Å². The summed E-state index contributed by atoms with van der Waals surface area (Å²) in [6.45, 7) is 11.6. The van der Waals surface area contributed by atoms with Gasteiger partial charge in [-0.05, 0) is 38.3 Å². The van der Waals surface area contributed by atoms with E-state index in [1.165, 1.54) is 38.1 Å². The average molecular weight is 440 g/mol. The Morgan fingerprint density at radius 1 is 1.27 bits per heavy atom. The lowest BCUT2D eigenvalue weighted by Gasteiger charge is -2.35. The highest BCUT2D eigenvalue weighted by molar-refractivity contribution is 14.0. The highest BCUT2D eigenvalue weighted by Gasteiger charge is 2.21. The number of aliphatic imine (C=N–C) groups is 1. The maximum Gasteiger partial charge on any atom is 0.193 e. The minimum atomic E-state index is 0. The van der Waals surface area contributed by atoms with E-state index in [0.717, 1.165) is 43.3 Å². The molecule has 4 nitrogen and oxygen atoms in total. The first-order chi connectivity index (χ1) is 10.2. The number of thioether (sulfide) groups is 1. The van der Waals surface area contributed by atoms with Gasteiger partial charge < -0.3 is 15.1 Å². The SMILES string of the molecule is CCC1CN(C(=NC)NCCN2CCC(C)CC2)CCS1.I. The summed E-state index contributed by atoms with van der Waals surface area (Å²) < 4.78 is 0. The molecule has 0 aliphatic carbocycles. The summed E-state index contributed by atoms with van der Waals surface area (Å²) in [6, 6.07) is 0. The minimum absolute atomic E-state index is 0. The molecule has 6 heteroatoms. The van der Waals surface area contributed by atoms with Crippen LogP contribution in [-0.2, 0) is 0 Å². The number of hydrogen-bond acceptors (Lipinski definition) is 3. The molecule has 2 rings (SSSR count). The fourth-order valence-electron chi connectivity index (χ4n) is 3.10. The third kappa shape index (κ3) is 6.43. The number of hydrogen-bond donors (Lipinski definition) is 1. The van der Waals surface area contributed by atoms with Crippen molar-refractivity contribution in [1.82, 2.24) is 15.1 Å². The van der Waals surface area contributed by atoms with Gasteiger partial charge in [-0.1, -0.05) is 13.8 Å². The smallest absolute Gasteiger partial charge is 0.193 e. The summed E-state index contributed by atoms with van der Waals surface area (Å²) in [7, 11) is 1.91. The standard InChI is InChI=1S/C16H32N4S.HI/c1-4-15-13-20(11-12-21-15)16(17-3)18-7-10-19-8-5-14(2)6-9-19;/h14-15H,4-13H2,1-3H3,(H,17,18);1H. The lowest BCUT2D eigenvalue weighted by atomic mass is 9.99. The van der Waals surface area contributed by atoms with E-state index in [4.69, 9.17) is 0 Å². The van der Waals surface area contributed by atoms with Crippen LogP contribution in [0.4, 0.5) is 0 Å². The lowest BCUT2D eigenvalue weighted by molar-refractivity contribution is 0.195. The molecule has 1 atom stereocenters. The average Bonchev–Trinajstić information content (AvgIpc) is 2.53. The van der Waals surface area contributed by atoms with Crippen LogP contribution in [0.15, 0.2) is 4.99 Å². The highest BCUT2D eigenvalue weighted by atomic mass is 127. The van der Waals surface area contributed by atoms with Crippen LogP contribution in [0, 0.1) is 5.92 Å². The fraction of sp³-hybridized carbons (Fsp3) is 0.938. The van der Waals surface area contributed by atoms with Gasteiger partial charge in [0.15, 0.2) is 5.96 Å². The maximum atomic E-state index is 4.48. The van der Waals surface area contributed by atoms with Crippen LogP contribution in [-0.4, -0.2) is 73.1 Å². The molecule has 2 fully saturated rings. The first-order valence-corrected chi connectivity index (χ1v) is 9.57. The molecule has 0 aromatic rings. The predicted molar refractivity (Wildman–Crippen MR) is 110 cm³/mol. The molecule has 1 N–H and O–H groups in total. The van der Waals surface area contributed by atoms with Crippen LogP contribution in [0.25, 0.3) is 0 Å². The zero-order valence-corrected chi connectivity index (χ0v) is 17.5. The van der Waals surface area contributed by atoms with Gasteiger partial charge in [-0.15, -0.1) is 24.0 Å². The number of rotatable bonds is 4. The summed E-state index contributed by atoms with van der Waals surface area (Å²) >= 11 is 2.11. The topological polar surface area (TPSA) is 30.9 Å². The number of likely N-dealkylation sites (tertiary alicyclic amines) is 1. The minimum Gasteiger partial charge on any atom is -0.355 e. The van der Waals surface area contributed by atoms with Crippen molar-refractivity contribution in [3.63, 3.8) is 0 Å². The fourth-order valence-corrected chi connectivity index (χ4v) is 4.28. The van der Waals surface area contributed by atoms with Gasteiger partial charge in [-0.25, -0.2) is 0 Å². The first-order valence-electron chi connectivity index (χ1n) is 8.52. The molecule has 2 heterocycles. The van der Waals surface area contributed by atoms with Crippen molar-refractivity contribution in [1.29, 1.82) is 0 Å². The Morgan fingerprint density at radius 3 is 2.64 bits per heavy atom. The Labute approximate surface area is 157 Å². The Balaban J connectivity index is 0.00000242. The molecule has 0 saturated carbocycles. The second-order valence-corrected chi connectivity index (χ2v) is 7.75. The molecule has 0 radical (unpaired) electrons. The van der Waals surface area contributed by atoms with Gasteiger partial charge in [0.25, 0.3) is 0 Å². The molecule has 2 aliphatic rings. The van der Waals surface area contributed by atoms with Crippen LogP contribution in [0.5, 0.6) is 0 Å². The van der Waals surface area contributed by atoms with E-state index in [1.807, 2.05) is 7.05 Å². The zero-order valence-electron chi connectivity index (χ0n) is 14.4. The number of nitrogens with zero attached hydrogens (tertiary/aromatic N) is 3. The van der Waals surface area contributed by atoms with E-state index in [9.17, 15) is 0 Å². The third-order valence-electron chi connectivity index (χ3n) is 4.69. The molecule has 2 saturated heterocycles.